The summed E-state index contributed by atoms with van der Waals surface area (Å²) in [5.41, 5.74) is -0.945. The van der Waals surface area contributed by atoms with Gasteiger partial charge in [0.1, 0.15) is 30.7 Å². The summed E-state index contributed by atoms with van der Waals surface area (Å²) in [6.07, 6.45) is 1.13. The van der Waals surface area contributed by atoms with Gasteiger partial charge in [0, 0.05) is 35.5 Å². The molecule has 0 atom stereocenters. The summed E-state index contributed by atoms with van der Waals surface area (Å²) in [6, 6.07) is 7.58. The molecule has 0 saturated heterocycles. The average Bonchev–Trinajstić information content (AvgIpc) is 2.97. The number of hydrogen-bond acceptors (Lipinski definition) is 7. The van der Waals surface area contributed by atoms with E-state index in [1.165, 1.54) is 39.6 Å². The van der Waals surface area contributed by atoms with Crippen LogP contribution in [0.3, 0.4) is 0 Å². The number of halogens is 3. The van der Waals surface area contributed by atoms with Gasteiger partial charge in [-0.25, -0.2) is 18.0 Å². The molecule has 12 heteroatoms. The van der Waals surface area contributed by atoms with E-state index in [1.807, 2.05) is 0 Å². The number of pyridine rings is 1. The van der Waals surface area contributed by atoms with E-state index < -0.39 is 41.0 Å². The Hall–Kier alpha value is -4.45. The second-order valence-electron chi connectivity index (χ2n) is 9.21. The molecule has 0 aliphatic rings. The topological polar surface area (TPSA) is 99.0 Å². The van der Waals surface area contributed by atoms with Crippen molar-refractivity contribution in [2.75, 3.05) is 26.1 Å². The summed E-state index contributed by atoms with van der Waals surface area (Å²) in [5, 5.41) is 12.9. The van der Waals surface area contributed by atoms with Gasteiger partial charge < -0.3 is 29.2 Å². The van der Waals surface area contributed by atoms with E-state index in [9.17, 15) is 23.5 Å². The molecular weight excluding hydrogens is 540 g/mol. The highest BCUT2D eigenvalue weighted by Crippen LogP contribution is 2.30. The van der Waals surface area contributed by atoms with Crippen LogP contribution in [0, 0.1) is 24.4 Å². The van der Waals surface area contributed by atoms with E-state index in [0.717, 1.165) is 12.3 Å². The van der Waals surface area contributed by atoms with Crippen molar-refractivity contribution in [2.24, 2.45) is 0 Å². The molecule has 0 radical (unpaired) electrons. The Morgan fingerprint density at radius 3 is 2.44 bits per heavy atom. The third-order valence-electron chi connectivity index (χ3n) is 6.85. The monoisotopic (exact) mass is 568 g/mol. The first-order valence-corrected chi connectivity index (χ1v) is 12.7. The van der Waals surface area contributed by atoms with E-state index >= 15 is 4.39 Å². The molecule has 2 N–H and O–H groups in total. The molecule has 0 aliphatic heterocycles. The smallest absolute Gasteiger partial charge is 0.343 e. The lowest BCUT2D eigenvalue weighted by Gasteiger charge is -2.21. The normalized spacial score (nSPS) is 11.0. The molecule has 1 heterocycles. The number of methoxy groups -OCH3 is 2. The molecule has 3 aromatic carbocycles. The molecule has 8 nitrogen and oxygen atoms in total. The minimum atomic E-state index is -1.23. The summed E-state index contributed by atoms with van der Waals surface area (Å²) < 4.78 is 61.9. The van der Waals surface area contributed by atoms with Gasteiger partial charge >= 0.3 is 5.97 Å². The number of esters is 1. The van der Waals surface area contributed by atoms with Crippen molar-refractivity contribution >= 4 is 35.9 Å². The fourth-order valence-electron chi connectivity index (χ4n) is 4.70. The maximum atomic E-state index is 15.2. The number of rotatable bonds is 9. The number of ether oxygens (including phenoxy) is 3. The van der Waals surface area contributed by atoms with E-state index in [-0.39, 0.29) is 52.0 Å². The number of anilines is 1. The number of benzene rings is 3. The van der Waals surface area contributed by atoms with Crippen molar-refractivity contribution < 1.29 is 37.3 Å². The Bertz CT molecular complexity index is 1720. The number of fused-ring (bicyclic) bond motifs is 1. The number of carbonyl (C=O) groups excluding carboxylic acids is 1. The van der Waals surface area contributed by atoms with Crippen LogP contribution in [0.4, 0.5) is 18.9 Å². The van der Waals surface area contributed by atoms with Gasteiger partial charge in [-0.2, -0.15) is 0 Å². The van der Waals surface area contributed by atoms with Crippen LogP contribution in [-0.2, 0) is 17.9 Å². The van der Waals surface area contributed by atoms with E-state index in [2.05, 4.69) is 5.32 Å². The molecule has 0 saturated carbocycles. The molecular formula is C29H28BF3N2O6. The predicted molar refractivity (Wildman–Crippen MR) is 151 cm³/mol. The Morgan fingerprint density at radius 1 is 1.07 bits per heavy atom. The van der Waals surface area contributed by atoms with Gasteiger partial charge in [0.15, 0.2) is 11.6 Å². The first kappa shape index (κ1) is 29.5. The number of hydrogen-bond donors (Lipinski definition) is 2. The van der Waals surface area contributed by atoms with Crippen LogP contribution in [0.2, 0.25) is 0 Å². The standard InChI is InChI=1S/C29H28BF3N2O6/c1-5-41-29(38)18-12-35(27-23(28(18)37)14(2)25(32)26(33)24(27)30)21-10-20(19(31)8-16(21)13-36)34-11-15-6-7-17(39-3)9-22(15)40-4/h6-10,12,34,36H,5,11,13,30H2,1-4H3. The summed E-state index contributed by atoms with van der Waals surface area (Å²) in [7, 11) is 4.29. The van der Waals surface area contributed by atoms with Crippen molar-refractivity contribution in [1.82, 2.24) is 4.57 Å². The second-order valence-corrected chi connectivity index (χ2v) is 9.21. The van der Waals surface area contributed by atoms with Crippen LogP contribution in [0.25, 0.3) is 16.6 Å². The Labute approximate surface area is 234 Å². The van der Waals surface area contributed by atoms with Gasteiger partial charge in [-0.05, 0) is 43.6 Å². The van der Waals surface area contributed by atoms with Crippen molar-refractivity contribution in [3.63, 3.8) is 0 Å². The summed E-state index contributed by atoms with van der Waals surface area (Å²) in [4.78, 5) is 26.1. The minimum absolute atomic E-state index is 0.00318. The minimum Gasteiger partial charge on any atom is -0.497 e. The molecule has 214 valence electrons. The number of nitrogens with zero attached hydrogens (tertiary/aromatic N) is 1. The molecule has 0 spiro atoms. The van der Waals surface area contributed by atoms with Gasteiger partial charge in [0.25, 0.3) is 0 Å². The third kappa shape index (κ3) is 5.34. The maximum Gasteiger partial charge on any atom is 0.343 e. The first-order chi connectivity index (χ1) is 19.6. The van der Waals surface area contributed by atoms with Crippen molar-refractivity contribution in [2.45, 2.75) is 27.0 Å². The quantitative estimate of drug-likeness (QED) is 0.236. The van der Waals surface area contributed by atoms with Gasteiger partial charge in [0.2, 0.25) is 5.43 Å². The molecule has 41 heavy (non-hydrogen) atoms. The zero-order valence-electron chi connectivity index (χ0n) is 23.2. The Kier molecular flexibility index (Phi) is 8.62. The Morgan fingerprint density at radius 2 is 1.80 bits per heavy atom. The van der Waals surface area contributed by atoms with Crippen molar-refractivity contribution in [1.29, 1.82) is 0 Å². The number of aliphatic hydroxyl groups is 1. The number of aliphatic hydroxyl groups excluding tert-OH is 1. The highest BCUT2D eigenvalue weighted by Gasteiger charge is 2.25. The van der Waals surface area contributed by atoms with Crippen molar-refractivity contribution in [3.05, 3.63) is 86.5 Å². The lowest BCUT2D eigenvalue weighted by Crippen LogP contribution is -2.27. The van der Waals surface area contributed by atoms with E-state index in [1.54, 1.807) is 25.1 Å². The number of aryl methyl sites for hydroxylation is 1. The average molecular weight is 568 g/mol. The first-order valence-electron chi connectivity index (χ1n) is 12.7. The molecule has 4 aromatic rings. The highest BCUT2D eigenvalue weighted by atomic mass is 19.2. The number of aromatic nitrogens is 1. The van der Waals surface area contributed by atoms with Crippen LogP contribution < -0.4 is 25.7 Å². The largest absolute Gasteiger partial charge is 0.497 e. The van der Waals surface area contributed by atoms with Gasteiger partial charge in [-0.3, -0.25) is 4.79 Å². The molecule has 1 aromatic heterocycles. The zero-order valence-corrected chi connectivity index (χ0v) is 23.2. The number of nitrogens with one attached hydrogen (secondary N) is 1. The second kappa shape index (κ2) is 12.0. The fraction of sp³-hybridized carbons (Fsp3) is 0.241. The molecule has 0 bridgehead atoms. The van der Waals surface area contributed by atoms with Crippen LogP contribution >= 0.6 is 0 Å². The SMILES string of the molecule is Bc1c(F)c(F)c(C)c2c(=O)c(C(=O)OCC)cn(-c3cc(NCc4ccc(OC)cc4OC)c(F)cc3CO)c12. The maximum absolute atomic E-state index is 15.2. The summed E-state index contributed by atoms with van der Waals surface area (Å²) in [6.45, 7) is 2.24. The summed E-state index contributed by atoms with van der Waals surface area (Å²) in [5.74, 6) is -3.00. The lowest BCUT2D eigenvalue weighted by atomic mass is 9.88. The van der Waals surface area contributed by atoms with E-state index in [4.69, 9.17) is 14.2 Å². The molecule has 0 amide bonds. The van der Waals surface area contributed by atoms with Gasteiger partial charge in [0.05, 0.1) is 49.7 Å². The Balaban J connectivity index is 1.96. The lowest BCUT2D eigenvalue weighted by molar-refractivity contribution is 0.0524. The third-order valence-corrected chi connectivity index (χ3v) is 6.85. The predicted octanol–water partition coefficient (Wildman–Crippen LogP) is 3.27. The highest BCUT2D eigenvalue weighted by molar-refractivity contribution is 6.38. The van der Waals surface area contributed by atoms with Crippen molar-refractivity contribution in [3.8, 4) is 17.2 Å². The van der Waals surface area contributed by atoms with Crippen LogP contribution in [0.5, 0.6) is 11.5 Å². The fourth-order valence-corrected chi connectivity index (χ4v) is 4.70. The summed E-state index contributed by atoms with van der Waals surface area (Å²) >= 11 is 0. The van der Waals surface area contributed by atoms with Crippen LogP contribution in [0.15, 0.2) is 41.3 Å². The van der Waals surface area contributed by atoms with Gasteiger partial charge in [-0.1, -0.05) is 0 Å². The van der Waals surface area contributed by atoms with Gasteiger partial charge in [-0.15, -0.1) is 0 Å². The van der Waals surface area contributed by atoms with Crippen LogP contribution in [-0.4, -0.2) is 44.3 Å². The molecule has 4 rings (SSSR count). The zero-order chi connectivity index (χ0) is 30.0. The van der Waals surface area contributed by atoms with Crippen LogP contribution in [0.1, 0.15) is 34.0 Å². The molecule has 0 fully saturated rings. The molecule has 0 aliphatic carbocycles. The molecule has 0 unspecified atom stereocenters. The van der Waals surface area contributed by atoms with E-state index in [0.29, 0.717) is 17.1 Å². The number of carbonyl (C=O) groups is 1.